The molecule has 3 rings (SSSR count). The average Bonchev–Trinajstić information content (AvgIpc) is 2.56. The Morgan fingerprint density at radius 1 is 1.04 bits per heavy atom. The molecule has 2 aromatic carbocycles. The van der Waals surface area contributed by atoms with Gasteiger partial charge in [-0.2, -0.15) is 0 Å². The minimum absolute atomic E-state index is 0.105. The van der Waals surface area contributed by atoms with Gasteiger partial charge in [-0.05, 0) is 66.6 Å². The van der Waals surface area contributed by atoms with Crippen LogP contribution in [-0.4, -0.2) is 5.97 Å². The normalized spacial score (nSPS) is 21.1. The zero-order valence-electron chi connectivity index (χ0n) is 12.7. The lowest BCUT2D eigenvalue weighted by Gasteiger charge is -2.24. The third-order valence-corrected chi connectivity index (χ3v) is 4.51. The van der Waals surface area contributed by atoms with Crippen LogP contribution in [0.5, 0.6) is 5.75 Å². The molecule has 0 amide bonds. The van der Waals surface area contributed by atoms with Crippen LogP contribution < -0.4 is 4.74 Å². The van der Waals surface area contributed by atoms with Crippen molar-refractivity contribution in [3.05, 3.63) is 54.6 Å². The summed E-state index contributed by atoms with van der Waals surface area (Å²) in [5, 5.41) is 1.07. The maximum absolute atomic E-state index is 13.3. The highest BCUT2D eigenvalue weighted by atomic mass is 19.2. The van der Waals surface area contributed by atoms with Crippen molar-refractivity contribution in [1.82, 2.24) is 0 Å². The largest absolute Gasteiger partial charge is 0.426 e. The summed E-state index contributed by atoms with van der Waals surface area (Å²) >= 11 is 0. The predicted octanol–water partition coefficient (Wildman–Crippen LogP) is 5.02. The van der Waals surface area contributed by atoms with E-state index in [0.717, 1.165) is 37.8 Å². The lowest BCUT2D eigenvalue weighted by Crippen LogP contribution is -2.25. The van der Waals surface area contributed by atoms with E-state index in [-0.39, 0.29) is 11.9 Å². The first kappa shape index (κ1) is 15.7. The van der Waals surface area contributed by atoms with Gasteiger partial charge in [-0.3, -0.25) is 4.79 Å². The lowest BCUT2D eigenvalue weighted by atomic mass is 9.82. The number of hydrogen-bond donors (Lipinski definition) is 0. The van der Waals surface area contributed by atoms with Crippen molar-refractivity contribution < 1.29 is 18.3 Å². The van der Waals surface area contributed by atoms with E-state index >= 15 is 0 Å². The number of halogens is 2. The third kappa shape index (κ3) is 3.41. The molecule has 0 radical (unpaired) electrons. The average molecular weight is 316 g/mol. The molecule has 4 heteroatoms. The van der Waals surface area contributed by atoms with Crippen molar-refractivity contribution in [1.29, 1.82) is 0 Å². The van der Waals surface area contributed by atoms with Gasteiger partial charge in [-0.1, -0.05) is 12.1 Å². The van der Waals surface area contributed by atoms with Crippen LogP contribution in [0.1, 0.15) is 25.7 Å². The first-order chi connectivity index (χ1) is 11.1. The maximum Gasteiger partial charge on any atom is 0.314 e. The van der Waals surface area contributed by atoms with Crippen LogP contribution in [0.4, 0.5) is 8.78 Å². The molecule has 0 unspecified atom stereocenters. The smallest absolute Gasteiger partial charge is 0.314 e. The van der Waals surface area contributed by atoms with E-state index in [2.05, 4.69) is 6.58 Å². The highest BCUT2D eigenvalue weighted by Crippen LogP contribution is 2.31. The molecule has 23 heavy (non-hydrogen) atoms. The molecule has 0 heterocycles. The van der Waals surface area contributed by atoms with E-state index in [4.69, 9.17) is 4.74 Å². The summed E-state index contributed by atoms with van der Waals surface area (Å²) in [4.78, 5) is 12.2. The quantitative estimate of drug-likeness (QED) is 0.452. The van der Waals surface area contributed by atoms with Crippen LogP contribution >= 0.6 is 0 Å². The van der Waals surface area contributed by atoms with Gasteiger partial charge in [0.25, 0.3) is 0 Å². The van der Waals surface area contributed by atoms with Gasteiger partial charge in [0, 0.05) is 0 Å². The number of rotatable bonds is 3. The van der Waals surface area contributed by atoms with E-state index < -0.39 is 11.6 Å². The Morgan fingerprint density at radius 2 is 1.70 bits per heavy atom. The summed E-state index contributed by atoms with van der Waals surface area (Å²) in [6.45, 7) is 3.79. The van der Waals surface area contributed by atoms with E-state index in [1.165, 1.54) is 0 Å². The Bertz CT molecular complexity index is 746. The first-order valence-corrected chi connectivity index (χ1v) is 7.80. The Labute approximate surface area is 133 Å². The van der Waals surface area contributed by atoms with Gasteiger partial charge < -0.3 is 4.74 Å². The molecule has 0 aliphatic heterocycles. The summed E-state index contributed by atoms with van der Waals surface area (Å²) in [7, 11) is 0. The number of benzene rings is 2. The molecule has 1 aliphatic carbocycles. The molecule has 0 N–H and O–H groups in total. The zero-order chi connectivity index (χ0) is 16.4. The molecule has 0 spiro atoms. The topological polar surface area (TPSA) is 26.3 Å². The molecule has 0 aromatic heterocycles. The van der Waals surface area contributed by atoms with Crippen LogP contribution in [0, 0.1) is 23.5 Å². The van der Waals surface area contributed by atoms with Crippen LogP contribution in [0.15, 0.2) is 43.0 Å². The molecule has 1 saturated carbocycles. The number of allylic oxidation sites excluding steroid dienone is 1. The summed E-state index contributed by atoms with van der Waals surface area (Å²) in [6, 6.07) is 7.03. The van der Waals surface area contributed by atoms with E-state index in [1.54, 1.807) is 18.2 Å². The number of hydrogen-bond acceptors (Lipinski definition) is 2. The van der Waals surface area contributed by atoms with Gasteiger partial charge in [-0.15, -0.1) is 6.58 Å². The number of carbonyl (C=O) groups is 1. The van der Waals surface area contributed by atoms with Crippen molar-refractivity contribution >= 4 is 16.7 Å². The fraction of sp³-hybridized carbons (Fsp3) is 0.316. The standard InChI is InChI=1S/C19H18F2O2/c1-2-12-3-5-13(6-4-12)19(22)23-16-8-7-14-10-17(20)18(21)11-15(14)9-16/h2,7-13H,1,3-6H2. The molecule has 1 fully saturated rings. The van der Waals surface area contributed by atoms with Crippen molar-refractivity contribution in [2.24, 2.45) is 11.8 Å². The van der Waals surface area contributed by atoms with Gasteiger partial charge in [0.15, 0.2) is 11.6 Å². The van der Waals surface area contributed by atoms with Crippen LogP contribution in [0.3, 0.4) is 0 Å². The number of ether oxygens (including phenoxy) is 1. The molecular weight excluding hydrogens is 298 g/mol. The van der Waals surface area contributed by atoms with Crippen molar-refractivity contribution in [2.45, 2.75) is 25.7 Å². The Balaban J connectivity index is 1.72. The lowest BCUT2D eigenvalue weighted by molar-refractivity contribution is -0.140. The summed E-state index contributed by atoms with van der Waals surface area (Å²) < 4.78 is 31.9. The van der Waals surface area contributed by atoms with Crippen LogP contribution in [0.2, 0.25) is 0 Å². The summed E-state index contributed by atoms with van der Waals surface area (Å²) in [6.07, 6.45) is 5.43. The molecule has 2 nitrogen and oxygen atoms in total. The number of carbonyl (C=O) groups excluding carboxylic acids is 1. The highest BCUT2D eigenvalue weighted by Gasteiger charge is 2.26. The van der Waals surface area contributed by atoms with Gasteiger partial charge in [-0.25, -0.2) is 8.78 Å². The van der Waals surface area contributed by atoms with Crippen LogP contribution in [0.25, 0.3) is 10.8 Å². The van der Waals surface area contributed by atoms with Crippen molar-refractivity contribution in [3.8, 4) is 5.75 Å². The molecule has 0 bridgehead atoms. The van der Waals surface area contributed by atoms with E-state index in [1.807, 2.05) is 6.08 Å². The number of esters is 1. The second-order valence-corrected chi connectivity index (χ2v) is 6.04. The van der Waals surface area contributed by atoms with E-state index in [9.17, 15) is 13.6 Å². The monoisotopic (exact) mass is 316 g/mol. The van der Waals surface area contributed by atoms with Gasteiger partial charge in [0.2, 0.25) is 0 Å². The summed E-state index contributed by atoms with van der Waals surface area (Å²) in [5.74, 6) is -1.32. The minimum atomic E-state index is -0.913. The molecule has 1 aliphatic rings. The molecule has 0 saturated heterocycles. The second kappa shape index (κ2) is 6.49. The fourth-order valence-electron chi connectivity index (χ4n) is 3.07. The third-order valence-electron chi connectivity index (χ3n) is 4.51. The molecular formula is C19H18F2O2. The molecule has 120 valence electrons. The number of fused-ring (bicyclic) bond motifs is 1. The molecule has 2 aromatic rings. The Kier molecular flexibility index (Phi) is 4.42. The maximum atomic E-state index is 13.3. The minimum Gasteiger partial charge on any atom is -0.426 e. The highest BCUT2D eigenvalue weighted by molar-refractivity contribution is 5.85. The first-order valence-electron chi connectivity index (χ1n) is 7.80. The van der Waals surface area contributed by atoms with Gasteiger partial charge >= 0.3 is 5.97 Å². The van der Waals surface area contributed by atoms with Gasteiger partial charge in [0.1, 0.15) is 5.75 Å². The van der Waals surface area contributed by atoms with Crippen molar-refractivity contribution in [3.63, 3.8) is 0 Å². The second-order valence-electron chi connectivity index (χ2n) is 6.04. The van der Waals surface area contributed by atoms with Gasteiger partial charge in [0.05, 0.1) is 5.92 Å². The SMILES string of the molecule is C=CC1CCC(C(=O)Oc2ccc3cc(F)c(F)cc3c2)CC1. The molecule has 0 atom stereocenters. The Hall–Kier alpha value is -2.23. The van der Waals surface area contributed by atoms with E-state index in [0.29, 0.717) is 22.4 Å². The fourth-order valence-corrected chi connectivity index (χ4v) is 3.07. The van der Waals surface area contributed by atoms with Crippen molar-refractivity contribution in [2.75, 3.05) is 0 Å². The predicted molar refractivity (Wildman–Crippen MR) is 85.1 cm³/mol. The Morgan fingerprint density at radius 3 is 2.35 bits per heavy atom. The van der Waals surface area contributed by atoms with Crippen LogP contribution in [-0.2, 0) is 4.79 Å². The zero-order valence-corrected chi connectivity index (χ0v) is 12.7. The summed E-state index contributed by atoms with van der Waals surface area (Å²) in [5.41, 5.74) is 0.